The molecule has 0 unspecified atom stereocenters. The van der Waals surface area contributed by atoms with Crippen molar-refractivity contribution in [1.29, 1.82) is 0 Å². The molecule has 3 aromatic rings. The topological polar surface area (TPSA) is 86.8 Å². The maximum Gasteiger partial charge on any atom is 0.264 e. The molecule has 0 radical (unpaired) electrons. The van der Waals surface area contributed by atoms with Gasteiger partial charge in [0, 0.05) is 17.6 Å². The molecular weight excluding hydrogens is 534 g/mol. The minimum Gasteiger partial charge on any atom is -0.352 e. The number of nitrogens with zero attached hydrogens (tertiary/aromatic N) is 2. The Morgan fingerprint density at radius 1 is 0.949 bits per heavy atom. The van der Waals surface area contributed by atoms with Crippen LogP contribution in [0.5, 0.6) is 0 Å². The summed E-state index contributed by atoms with van der Waals surface area (Å²) < 4.78 is 28.9. The number of carbonyl (C=O) groups excluding carboxylic acids is 2. The van der Waals surface area contributed by atoms with Crippen LogP contribution in [0.2, 0.25) is 5.02 Å². The van der Waals surface area contributed by atoms with E-state index in [1.807, 2.05) is 39.0 Å². The maximum absolute atomic E-state index is 14.0. The molecule has 0 heterocycles. The zero-order valence-corrected chi connectivity index (χ0v) is 24.6. The first-order valence-electron chi connectivity index (χ1n) is 12.9. The quantitative estimate of drug-likeness (QED) is 0.331. The molecule has 0 aliphatic heterocycles. The van der Waals surface area contributed by atoms with Crippen molar-refractivity contribution >= 4 is 39.1 Å². The van der Waals surface area contributed by atoms with E-state index in [2.05, 4.69) is 5.32 Å². The summed E-state index contributed by atoms with van der Waals surface area (Å²) in [6.45, 7) is 8.77. The van der Waals surface area contributed by atoms with Crippen LogP contribution in [0.25, 0.3) is 0 Å². The number of sulfonamides is 1. The Hall–Kier alpha value is -3.36. The van der Waals surface area contributed by atoms with Crippen LogP contribution in [-0.2, 0) is 26.2 Å². The number of benzene rings is 3. The molecule has 0 aromatic heterocycles. The zero-order valence-electron chi connectivity index (χ0n) is 23.0. The van der Waals surface area contributed by atoms with Crippen LogP contribution in [0.1, 0.15) is 43.9 Å². The molecule has 0 aliphatic carbocycles. The highest BCUT2D eigenvalue weighted by molar-refractivity contribution is 7.92. The Morgan fingerprint density at radius 2 is 1.64 bits per heavy atom. The molecule has 2 atom stereocenters. The minimum atomic E-state index is -4.11. The first-order chi connectivity index (χ1) is 18.4. The number of anilines is 1. The summed E-state index contributed by atoms with van der Waals surface area (Å²) in [4.78, 5) is 28.6. The molecule has 3 rings (SSSR count). The molecule has 0 spiro atoms. The summed E-state index contributed by atoms with van der Waals surface area (Å²) in [5.74, 6) is -0.828. The molecule has 0 aliphatic rings. The Morgan fingerprint density at radius 3 is 2.28 bits per heavy atom. The van der Waals surface area contributed by atoms with Gasteiger partial charge in [-0.2, -0.15) is 0 Å². The summed E-state index contributed by atoms with van der Waals surface area (Å²) in [5, 5.41) is 3.43. The third-order valence-electron chi connectivity index (χ3n) is 6.65. The molecule has 208 valence electrons. The normalized spacial score (nSPS) is 12.9. The van der Waals surface area contributed by atoms with Crippen molar-refractivity contribution in [2.45, 2.75) is 64.6 Å². The van der Waals surface area contributed by atoms with Gasteiger partial charge in [-0.3, -0.25) is 13.9 Å². The van der Waals surface area contributed by atoms with Gasteiger partial charge in [-0.25, -0.2) is 8.42 Å². The summed E-state index contributed by atoms with van der Waals surface area (Å²) in [5.41, 5.74) is 2.69. The highest BCUT2D eigenvalue weighted by Gasteiger charge is 2.33. The number of halogens is 1. The second-order valence-electron chi connectivity index (χ2n) is 9.76. The number of carbonyl (C=O) groups is 2. The smallest absolute Gasteiger partial charge is 0.264 e. The monoisotopic (exact) mass is 569 g/mol. The van der Waals surface area contributed by atoms with Crippen LogP contribution in [0.15, 0.2) is 77.7 Å². The largest absolute Gasteiger partial charge is 0.352 e. The maximum atomic E-state index is 14.0. The van der Waals surface area contributed by atoms with Gasteiger partial charge in [0.05, 0.1) is 10.6 Å². The molecule has 0 saturated heterocycles. The average molecular weight is 570 g/mol. The van der Waals surface area contributed by atoms with E-state index in [9.17, 15) is 18.0 Å². The summed E-state index contributed by atoms with van der Waals surface area (Å²) in [7, 11) is -4.11. The molecule has 0 fully saturated rings. The number of nitrogens with one attached hydrogen (secondary N) is 1. The second-order valence-corrected chi connectivity index (χ2v) is 12.1. The minimum absolute atomic E-state index is 0.0719. The lowest BCUT2D eigenvalue weighted by atomic mass is 10.1. The van der Waals surface area contributed by atoms with E-state index in [0.29, 0.717) is 16.3 Å². The number of rotatable bonds is 11. The number of hydrogen-bond donors (Lipinski definition) is 1. The Balaban J connectivity index is 2.06. The van der Waals surface area contributed by atoms with Gasteiger partial charge in [0.1, 0.15) is 12.6 Å². The molecule has 2 amide bonds. The lowest BCUT2D eigenvalue weighted by Gasteiger charge is -2.33. The molecule has 9 heteroatoms. The Bertz CT molecular complexity index is 1410. The number of hydrogen-bond acceptors (Lipinski definition) is 4. The van der Waals surface area contributed by atoms with Crippen LogP contribution < -0.4 is 9.62 Å². The van der Waals surface area contributed by atoms with Crippen molar-refractivity contribution in [1.82, 2.24) is 10.2 Å². The molecular formula is C30H36ClN3O4S. The van der Waals surface area contributed by atoms with Crippen molar-refractivity contribution < 1.29 is 18.0 Å². The van der Waals surface area contributed by atoms with E-state index >= 15 is 0 Å². The molecule has 39 heavy (non-hydrogen) atoms. The van der Waals surface area contributed by atoms with E-state index in [0.717, 1.165) is 21.9 Å². The molecule has 0 bridgehead atoms. The number of aryl methyl sites for hydroxylation is 2. The summed E-state index contributed by atoms with van der Waals surface area (Å²) >= 11 is 6.19. The Kier molecular flexibility index (Phi) is 10.2. The first-order valence-corrected chi connectivity index (χ1v) is 14.7. The summed E-state index contributed by atoms with van der Waals surface area (Å²) in [6.07, 6.45) is 0.733. The van der Waals surface area contributed by atoms with Crippen molar-refractivity contribution in [2.75, 3.05) is 10.8 Å². The van der Waals surface area contributed by atoms with E-state index in [1.54, 1.807) is 56.3 Å². The van der Waals surface area contributed by atoms with Crippen LogP contribution in [0.4, 0.5) is 5.69 Å². The third kappa shape index (κ3) is 7.61. The van der Waals surface area contributed by atoms with Crippen LogP contribution in [-0.4, -0.2) is 43.8 Å². The predicted molar refractivity (Wildman–Crippen MR) is 156 cm³/mol. The molecule has 1 N–H and O–H groups in total. The van der Waals surface area contributed by atoms with E-state index in [1.165, 1.54) is 17.0 Å². The van der Waals surface area contributed by atoms with Crippen LogP contribution in [0, 0.1) is 13.8 Å². The SMILES string of the molecule is CC[C@H](C)NC(=O)[C@H](C)N(Cc1cccc(Cl)c1)C(=O)CN(c1cc(C)ccc1C)S(=O)(=O)c1ccccc1. The molecule has 0 saturated carbocycles. The van der Waals surface area contributed by atoms with Crippen molar-refractivity contribution in [3.63, 3.8) is 0 Å². The van der Waals surface area contributed by atoms with Gasteiger partial charge < -0.3 is 10.2 Å². The fourth-order valence-electron chi connectivity index (χ4n) is 4.10. The van der Waals surface area contributed by atoms with Crippen LogP contribution >= 0.6 is 11.6 Å². The van der Waals surface area contributed by atoms with Gasteiger partial charge in [0.15, 0.2) is 0 Å². The first kappa shape index (κ1) is 30.2. The Labute approximate surface area is 236 Å². The van der Waals surface area contributed by atoms with E-state index in [-0.39, 0.29) is 23.4 Å². The standard InChI is InChI=1S/C30H36ClN3O4S/c1-6-23(4)32-30(36)24(5)33(19-25-11-10-12-26(31)18-25)29(35)20-34(28-17-21(2)15-16-22(28)3)39(37,38)27-13-8-7-9-14-27/h7-18,23-24H,6,19-20H2,1-5H3,(H,32,36)/t23-,24-/m0/s1. The van der Waals surface area contributed by atoms with Crippen molar-refractivity contribution in [3.05, 3.63) is 94.5 Å². The lowest BCUT2D eigenvalue weighted by molar-refractivity contribution is -0.139. The van der Waals surface area contributed by atoms with Crippen molar-refractivity contribution in [2.24, 2.45) is 0 Å². The van der Waals surface area contributed by atoms with Gasteiger partial charge in [-0.05, 0) is 81.1 Å². The number of amides is 2. The van der Waals surface area contributed by atoms with Gasteiger partial charge in [0.25, 0.3) is 10.0 Å². The van der Waals surface area contributed by atoms with Gasteiger partial charge in [-0.1, -0.05) is 61.0 Å². The molecule has 7 nitrogen and oxygen atoms in total. The lowest BCUT2D eigenvalue weighted by Crippen LogP contribution is -2.52. The highest BCUT2D eigenvalue weighted by Crippen LogP contribution is 2.28. The highest BCUT2D eigenvalue weighted by atomic mass is 35.5. The van der Waals surface area contributed by atoms with E-state index < -0.39 is 28.5 Å². The third-order valence-corrected chi connectivity index (χ3v) is 8.66. The zero-order chi connectivity index (χ0) is 28.7. The fraction of sp³-hybridized carbons (Fsp3) is 0.333. The second kappa shape index (κ2) is 13.1. The van der Waals surface area contributed by atoms with Crippen molar-refractivity contribution in [3.8, 4) is 0 Å². The van der Waals surface area contributed by atoms with Gasteiger partial charge in [0.2, 0.25) is 11.8 Å². The van der Waals surface area contributed by atoms with Crippen LogP contribution in [0.3, 0.4) is 0 Å². The molecule has 3 aromatic carbocycles. The fourth-order valence-corrected chi connectivity index (χ4v) is 5.81. The average Bonchev–Trinajstić information content (AvgIpc) is 2.91. The van der Waals surface area contributed by atoms with Gasteiger partial charge in [-0.15, -0.1) is 0 Å². The summed E-state index contributed by atoms with van der Waals surface area (Å²) in [6, 6.07) is 19.6. The predicted octanol–water partition coefficient (Wildman–Crippen LogP) is 5.48. The van der Waals surface area contributed by atoms with Gasteiger partial charge >= 0.3 is 0 Å². The van der Waals surface area contributed by atoms with E-state index in [4.69, 9.17) is 11.6 Å².